The minimum Gasteiger partial charge on any atom is -0.354 e. The van der Waals surface area contributed by atoms with E-state index in [4.69, 9.17) is 0 Å². The molecule has 8 heteroatoms. The molecule has 0 spiro atoms. The molecule has 1 aliphatic rings. The zero-order chi connectivity index (χ0) is 23.5. The van der Waals surface area contributed by atoms with Gasteiger partial charge in [-0.2, -0.15) is 0 Å². The Labute approximate surface area is 193 Å². The Bertz CT molecular complexity index is 1010. The molecule has 7 nitrogen and oxygen atoms in total. The van der Waals surface area contributed by atoms with Crippen molar-refractivity contribution in [1.82, 2.24) is 10.2 Å². The van der Waals surface area contributed by atoms with E-state index in [0.29, 0.717) is 30.2 Å². The normalized spacial score (nSPS) is 14.7. The number of thiophene rings is 1. The zero-order valence-corrected chi connectivity index (χ0v) is 20.2. The third kappa shape index (κ3) is 5.68. The number of carbonyl (C=O) groups excluding carboxylic acids is 3. The molecule has 3 N–H and O–H groups in total. The van der Waals surface area contributed by atoms with Crippen molar-refractivity contribution in [3.05, 3.63) is 46.3 Å². The second-order valence-corrected chi connectivity index (χ2v) is 10.4. The van der Waals surface area contributed by atoms with Crippen LogP contribution in [0.15, 0.2) is 30.3 Å². The van der Waals surface area contributed by atoms with Crippen LogP contribution in [-0.2, 0) is 10.2 Å². The van der Waals surface area contributed by atoms with Gasteiger partial charge in [-0.25, -0.2) is 4.79 Å². The summed E-state index contributed by atoms with van der Waals surface area (Å²) in [6.07, 6.45) is 0.275. The van der Waals surface area contributed by atoms with Crippen molar-refractivity contribution in [3.63, 3.8) is 0 Å². The van der Waals surface area contributed by atoms with Gasteiger partial charge in [-0.15, -0.1) is 11.3 Å². The first-order valence-corrected chi connectivity index (χ1v) is 11.7. The molecular weight excluding hydrogens is 424 g/mol. The highest BCUT2D eigenvalue weighted by Crippen LogP contribution is 2.37. The minimum atomic E-state index is -0.387. The van der Waals surface area contributed by atoms with Gasteiger partial charge >= 0.3 is 6.03 Å². The molecule has 1 aromatic heterocycles. The third-order valence-electron chi connectivity index (χ3n) is 5.36. The topological polar surface area (TPSA) is 90.5 Å². The van der Waals surface area contributed by atoms with Crippen molar-refractivity contribution < 1.29 is 14.4 Å². The summed E-state index contributed by atoms with van der Waals surface area (Å²) in [7, 11) is 0. The monoisotopic (exact) mass is 456 g/mol. The fraction of sp³-hybridized carbons (Fsp3) is 0.458. The Balaban J connectivity index is 1.85. The first-order valence-electron chi connectivity index (χ1n) is 10.9. The standard InChI is InChI=1S/C24H32N4O3S/c1-15(2)16-8-6-7-9-18(16)26-23(31)27-21-17(14-19(32-21)24(3,4)5)22(30)28-12-10-20(29)25-11-13-28/h6-9,14-15H,10-13H2,1-5H3,(H,25,29)(H2,26,27,31). The Kier molecular flexibility index (Phi) is 7.23. The molecule has 1 aliphatic heterocycles. The average molecular weight is 457 g/mol. The van der Waals surface area contributed by atoms with Crippen LogP contribution in [0.4, 0.5) is 15.5 Å². The van der Waals surface area contributed by atoms with E-state index >= 15 is 0 Å². The van der Waals surface area contributed by atoms with E-state index in [9.17, 15) is 14.4 Å². The van der Waals surface area contributed by atoms with Crippen LogP contribution in [0.2, 0.25) is 0 Å². The van der Waals surface area contributed by atoms with Crippen LogP contribution in [0.5, 0.6) is 0 Å². The van der Waals surface area contributed by atoms with Crippen molar-refractivity contribution in [2.75, 3.05) is 30.3 Å². The number of hydrogen-bond donors (Lipinski definition) is 3. The molecule has 0 saturated carbocycles. The molecule has 4 amide bonds. The van der Waals surface area contributed by atoms with Crippen molar-refractivity contribution >= 4 is 39.9 Å². The molecule has 0 radical (unpaired) electrons. The molecule has 1 saturated heterocycles. The van der Waals surface area contributed by atoms with Gasteiger partial charge in [0, 0.05) is 36.6 Å². The van der Waals surface area contributed by atoms with Gasteiger partial charge in [0.25, 0.3) is 5.91 Å². The van der Waals surface area contributed by atoms with Gasteiger partial charge in [0.05, 0.1) is 5.56 Å². The average Bonchev–Trinajstić information content (AvgIpc) is 3.02. The van der Waals surface area contributed by atoms with Crippen LogP contribution in [0.25, 0.3) is 0 Å². The van der Waals surface area contributed by atoms with Crippen LogP contribution in [0.1, 0.15) is 67.8 Å². The van der Waals surface area contributed by atoms with Gasteiger partial charge < -0.3 is 15.5 Å². The Morgan fingerprint density at radius 3 is 2.53 bits per heavy atom. The van der Waals surface area contributed by atoms with E-state index in [-0.39, 0.29) is 35.6 Å². The lowest BCUT2D eigenvalue weighted by molar-refractivity contribution is -0.120. The van der Waals surface area contributed by atoms with Gasteiger partial charge in [-0.1, -0.05) is 52.8 Å². The summed E-state index contributed by atoms with van der Waals surface area (Å²) >= 11 is 1.41. The highest BCUT2D eigenvalue weighted by Gasteiger charge is 2.28. The largest absolute Gasteiger partial charge is 0.354 e. The second-order valence-electron chi connectivity index (χ2n) is 9.32. The fourth-order valence-corrected chi connectivity index (χ4v) is 4.63. The summed E-state index contributed by atoms with van der Waals surface area (Å²) in [5, 5.41) is 9.13. The predicted molar refractivity (Wildman–Crippen MR) is 130 cm³/mol. The van der Waals surface area contributed by atoms with Crippen LogP contribution in [0, 0.1) is 0 Å². The number of hydrogen-bond acceptors (Lipinski definition) is 4. The van der Waals surface area contributed by atoms with Gasteiger partial charge in [0.15, 0.2) is 0 Å². The Morgan fingerprint density at radius 2 is 1.84 bits per heavy atom. The van der Waals surface area contributed by atoms with Crippen molar-refractivity contribution in [2.24, 2.45) is 0 Å². The number of para-hydroxylation sites is 1. The third-order valence-corrected chi connectivity index (χ3v) is 6.84. The quantitative estimate of drug-likeness (QED) is 0.619. The molecule has 32 heavy (non-hydrogen) atoms. The van der Waals surface area contributed by atoms with Crippen molar-refractivity contribution in [3.8, 4) is 0 Å². The van der Waals surface area contributed by atoms with E-state index < -0.39 is 0 Å². The number of carbonyl (C=O) groups is 3. The molecule has 2 aromatic rings. The summed E-state index contributed by atoms with van der Waals surface area (Å²) in [4.78, 5) is 40.5. The lowest BCUT2D eigenvalue weighted by Gasteiger charge is -2.20. The maximum Gasteiger partial charge on any atom is 0.324 e. The van der Waals surface area contributed by atoms with Crippen LogP contribution < -0.4 is 16.0 Å². The van der Waals surface area contributed by atoms with E-state index in [1.54, 1.807) is 4.90 Å². The molecule has 2 heterocycles. The van der Waals surface area contributed by atoms with Crippen molar-refractivity contribution in [1.29, 1.82) is 0 Å². The van der Waals surface area contributed by atoms with Gasteiger partial charge in [-0.05, 0) is 29.0 Å². The molecule has 0 unspecified atom stereocenters. The summed E-state index contributed by atoms with van der Waals surface area (Å²) in [5.41, 5.74) is 2.08. The van der Waals surface area contributed by atoms with Gasteiger partial charge in [0.2, 0.25) is 5.91 Å². The predicted octanol–water partition coefficient (Wildman–Crippen LogP) is 4.78. The molecule has 1 aromatic carbocycles. The number of anilines is 2. The number of nitrogens with one attached hydrogen (secondary N) is 3. The summed E-state index contributed by atoms with van der Waals surface area (Å²) in [5.74, 6) is 0.0332. The number of urea groups is 1. The highest BCUT2D eigenvalue weighted by atomic mass is 32.1. The first kappa shape index (κ1) is 23.8. The van der Waals surface area contributed by atoms with Crippen LogP contribution in [0.3, 0.4) is 0 Å². The minimum absolute atomic E-state index is 0.0532. The van der Waals surface area contributed by atoms with E-state index in [1.165, 1.54) is 11.3 Å². The van der Waals surface area contributed by atoms with E-state index in [2.05, 4.69) is 50.6 Å². The summed E-state index contributed by atoms with van der Waals surface area (Å²) in [6.45, 7) is 11.6. The molecule has 0 atom stereocenters. The van der Waals surface area contributed by atoms with Gasteiger partial charge in [-0.3, -0.25) is 14.9 Å². The zero-order valence-electron chi connectivity index (χ0n) is 19.4. The molecule has 0 bridgehead atoms. The maximum absolute atomic E-state index is 13.3. The van der Waals surface area contributed by atoms with Crippen molar-refractivity contribution in [2.45, 2.75) is 52.4 Å². The summed E-state index contributed by atoms with van der Waals surface area (Å²) in [6, 6.07) is 9.18. The number of amides is 4. The number of rotatable bonds is 4. The Hall–Kier alpha value is -2.87. The second kappa shape index (κ2) is 9.73. The molecular formula is C24H32N4O3S. The highest BCUT2D eigenvalue weighted by molar-refractivity contribution is 7.16. The fourth-order valence-electron chi connectivity index (χ4n) is 3.52. The Morgan fingerprint density at radius 1 is 1.12 bits per heavy atom. The lowest BCUT2D eigenvalue weighted by atomic mass is 9.94. The maximum atomic E-state index is 13.3. The van der Waals surface area contributed by atoms with E-state index in [0.717, 1.165) is 16.1 Å². The molecule has 1 fully saturated rings. The molecule has 0 aliphatic carbocycles. The summed E-state index contributed by atoms with van der Waals surface area (Å²) < 4.78 is 0. The number of benzene rings is 1. The van der Waals surface area contributed by atoms with Crippen LogP contribution >= 0.6 is 11.3 Å². The number of nitrogens with zero attached hydrogens (tertiary/aromatic N) is 1. The SMILES string of the molecule is CC(C)c1ccccc1NC(=O)Nc1sc(C(C)(C)C)cc1C(=O)N1CCNC(=O)CC1. The first-order chi connectivity index (χ1) is 15.1. The molecule has 172 valence electrons. The van der Waals surface area contributed by atoms with E-state index in [1.807, 2.05) is 30.3 Å². The van der Waals surface area contributed by atoms with Gasteiger partial charge in [0.1, 0.15) is 5.00 Å². The molecule has 3 rings (SSSR count). The lowest BCUT2D eigenvalue weighted by Crippen LogP contribution is -2.34. The smallest absolute Gasteiger partial charge is 0.324 e. The van der Waals surface area contributed by atoms with Crippen LogP contribution in [-0.4, -0.2) is 42.4 Å².